The maximum atomic E-state index is 14.5. The van der Waals surface area contributed by atoms with Crippen molar-refractivity contribution in [3.8, 4) is 17.1 Å². The third kappa shape index (κ3) is 6.39. The Labute approximate surface area is 291 Å². The van der Waals surface area contributed by atoms with Crippen LogP contribution in [-0.2, 0) is 29.0 Å². The fraction of sp³-hybridized carbons (Fsp3) is 0.316. The van der Waals surface area contributed by atoms with E-state index in [0.29, 0.717) is 17.9 Å². The number of aromatic nitrogens is 5. The number of aryl methyl sites for hydroxylation is 3. The molecular formula is C38H39N7O4S. The smallest absolute Gasteiger partial charge is 0.264 e. The minimum atomic E-state index is -4.19. The molecule has 1 N–H and O–H groups in total. The number of anilines is 1. The van der Waals surface area contributed by atoms with Gasteiger partial charge in [-0.3, -0.25) is 4.79 Å². The Morgan fingerprint density at radius 2 is 1.76 bits per heavy atom. The van der Waals surface area contributed by atoms with Gasteiger partial charge in [0.2, 0.25) is 11.8 Å². The van der Waals surface area contributed by atoms with Gasteiger partial charge in [0.05, 0.1) is 23.2 Å². The summed E-state index contributed by atoms with van der Waals surface area (Å²) in [5.41, 5.74) is 9.58. The number of hydrogen-bond donors (Lipinski definition) is 1. The molecule has 3 aromatic heterocycles. The average Bonchev–Trinajstić information content (AvgIpc) is 3.38. The lowest BCUT2D eigenvalue weighted by molar-refractivity contribution is 0.0579. The minimum absolute atomic E-state index is 0.0621. The Morgan fingerprint density at radius 3 is 2.46 bits per heavy atom. The molecule has 1 aliphatic heterocycles. The van der Waals surface area contributed by atoms with Crippen LogP contribution in [0.2, 0.25) is 0 Å². The van der Waals surface area contributed by atoms with Crippen LogP contribution in [-0.4, -0.2) is 56.4 Å². The summed E-state index contributed by atoms with van der Waals surface area (Å²) >= 11 is 0. The summed E-state index contributed by atoms with van der Waals surface area (Å²) in [5.74, 6) is 0.118. The standard InChI is InChI=1S/C38H39N7O4S/c1-23-10-7-11-24(2)34(23)30-19-33-42-37(40-30)43-50(47,48)29-15-9-14-26(17-29)36(46)45(28(22-49-33)16-25-12-8-13-25)21-32-39-20-27-18-31(38(3,4)5)44(6)35(27)41-32/h7-11,14-15,17-20,28H,12,16,21-22H2,1-6H3,(H,40,42,43)/t28-/m1/s1. The predicted molar refractivity (Wildman–Crippen MR) is 191 cm³/mol. The first-order valence-corrected chi connectivity index (χ1v) is 18.0. The van der Waals surface area contributed by atoms with E-state index in [9.17, 15) is 13.2 Å². The number of rotatable bonds is 5. The molecule has 1 atom stereocenters. The Balaban J connectivity index is 1.36. The van der Waals surface area contributed by atoms with Gasteiger partial charge < -0.3 is 14.2 Å². The van der Waals surface area contributed by atoms with Gasteiger partial charge in [-0.1, -0.05) is 45.0 Å². The van der Waals surface area contributed by atoms with E-state index in [-0.39, 0.29) is 46.8 Å². The zero-order valence-corrected chi connectivity index (χ0v) is 29.8. The number of amides is 1. The van der Waals surface area contributed by atoms with Crippen molar-refractivity contribution in [1.29, 1.82) is 0 Å². The van der Waals surface area contributed by atoms with Gasteiger partial charge in [-0.25, -0.2) is 28.1 Å². The highest BCUT2D eigenvalue weighted by atomic mass is 32.2. The van der Waals surface area contributed by atoms with Gasteiger partial charge in [0, 0.05) is 53.4 Å². The molecule has 50 heavy (non-hydrogen) atoms. The van der Waals surface area contributed by atoms with Crippen LogP contribution >= 0.6 is 0 Å². The number of sulfonamides is 1. The predicted octanol–water partition coefficient (Wildman–Crippen LogP) is 6.42. The zero-order chi connectivity index (χ0) is 35.4. The molecule has 0 saturated heterocycles. The second-order valence-electron chi connectivity index (χ2n) is 14.0. The molecule has 0 saturated carbocycles. The van der Waals surface area contributed by atoms with Crippen LogP contribution in [0, 0.1) is 13.8 Å². The van der Waals surface area contributed by atoms with Gasteiger partial charge in [-0.05, 0) is 67.3 Å². The number of fused-ring (bicyclic) bond motifs is 5. The Hall–Kier alpha value is -5.32. The molecule has 12 heteroatoms. The van der Waals surface area contributed by atoms with E-state index in [2.05, 4.69) is 56.8 Å². The first-order chi connectivity index (χ1) is 23.8. The second-order valence-corrected chi connectivity index (χ2v) is 15.7. The molecule has 5 aromatic rings. The van der Waals surface area contributed by atoms with Crippen LogP contribution in [0.3, 0.4) is 0 Å². The van der Waals surface area contributed by atoms with Crippen molar-refractivity contribution in [2.24, 2.45) is 7.05 Å². The normalized spacial score (nSPS) is 17.2. The van der Waals surface area contributed by atoms with Gasteiger partial charge in [0.15, 0.2) is 0 Å². The molecule has 1 aliphatic carbocycles. The molecule has 11 nitrogen and oxygen atoms in total. The van der Waals surface area contributed by atoms with Crippen LogP contribution in [0.4, 0.5) is 5.95 Å². The molecule has 0 radical (unpaired) electrons. The van der Waals surface area contributed by atoms with Crippen molar-refractivity contribution in [2.45, 2.75) is 70.4 Å². The van der Waals surface area contributed by atoms with Crippen LogP contribution in [0.5, 0.6) is 5.88 Å². The molecular weight excluding hydrogens is 651 g/mol. The molecule has 2 aliphatic rings. The summed E-state index contributed by atoms with van der Waals surface area (Å²) in [6.07, 6.45) is 4.98. The number of carbonyl (C=O) groups excluding carboxylic acids is 1. The monoisotopic (exact) mass is 689 g/mol. The number of hydrogen-bond acceptors (Lipinski definition) is 8. The van der Waals surface area contributed by atoms with Gasteiger partial charge in [0.1, 0.15) is 18.1 Å². The lowest BCUT2D eigenvalue weighted by Crippen LogP contribution is -2.44. The molecule has 0 spiro atoms. The van der Waals surface area contributed by atoms with Gasteiger partial charge in [0.25, 0.3) is 15.9 Å². The summed E-state index contributed by atoms with van der Waals surface area (Å²) in [5, 5.41) is 0.909. The van der Waals surface area contributed by atoms with Crippen molar-refractivity contribution in [2.75, 3.05) is 11.3 Å². The molecule has 4 bridgehead atoms. The molecule has 1 amide bonds. The topological polar surface area (TPSA) is 132 Å². The third-order valence-corrected chi connectivity index (χ3v) is 10.5. The van der Waals surface area contributed by atoms with Crippen molar-refractivity contribution in [3.05, 3.63) is 106 Å². The number of carbonyl (C=O) groups is 1. The van der Waals surface area contributed by atoms with E-state index in [0.717, 1.165) is 45.4 Å². The molecule has 0 unspecified atom stereocenters. The molecule has 0 fully saturated rings. The summed E-state index contributed by atoms with van der Waals surface area (Å²) in [7, 11) is -2.21. The molecule has 4 heterocycles. The third-order valence-electron chi connectivity index (χ3n) is 9.22. The van der Waals surface area contributed by atoms with Crippen molar-refractivity contribution < 1.29 is 17.9 Å². The number of benzene rings is 2. The maximum absolute atomic E-state index is 14.5. The van der Waals surface area contributed by atoms with E-state index in [1.54, 1.807) is 29.3 Å². The highest BCUT2D eigenvalue weighted by Gasteiger charge is 2.31. The van der Waals surface area contributed by atoms with E-state index in [4.69, 9.17) is 9.72 Å². The fourth-order valence-electron chi connectivity index (χ4n) is 6.61. The first kappa shape index (κ1) is 33.2. The zero-order valence-electron chi connectivity index (χ0n) is 29.0. The number of ether oxygens (including phenoxy) is 1. The Kier molecular flexibility index (Phi) is 8.32. The largest absolute Gasteiger partial charge is 0.475 e. The van der Waals surface area contributed by atoms with E-state index in [1.165, 1.54) is 12.1 Å². The van der Waals surface area contributed by atoms with E-state index < -0.39 is 16.1 Å². The summed E-state index contributed by atoms with van der Waals surface area (Å²) in [6, 6.07) is 15.2. The van der Waals surface area contributed by atoms with Crippen LogP contribution in [0.1, 0.15) is 66.6 Å². The molecule has 2 aromatic carbocycles. The van der Waals surface area contributed by atoms with Gasteiger partial charge in [-0.2, -0.15) is 4.98 Å². The minimum Gasteiger partial charge on any atom is -0.475 e. The van der Waals surface area contributed by atoms with Gasteiger partial charge >= 0.3 is 0 Å². The van der Waals surface area contributed by atoms with E-state index in [1.807, 2.05) is 45.2 Å². The second kappa shape index (κ2) is 12.5. The number of nitrogens with zero attached hydrogens (tertiary/aromatic N) is 6. The Bertz CT molecular complexity index is 2330. The van der Waals surface area contributed by atoms with Crippen LogP contribution < -0.4 is 9.46 Å². The quantitative estimate of drug-likeness (QED) is 0.209. The van der Waals surface area contributed by atoms with Gasteiger partial charge in [-0.15, -0.1) is 5.73 Å². The van der Waals surface area contributed by atoms with Crippen molar-refractivity contribution in [3.63, 3.8) is 0 Å². The SMILES string of the molecule is Cc1cccc(C)c1-c1cc2nc(n1)NS(=O)(=O)c1cccc(c1)C(=O)N(Cc1ncc3cc(C(C)(C)C)n(C)c3n1)[C@H](CC1=C=CC1)CO2. The lowest BCUT2D eigenvalue weighted by atomic mass is 9.92. The van der Waals surface area contributed by atoms with Crippen LogP contribution in [0.25, 0.3) is 22.3 Å². The highest BCUT2D eigenvalue weighted by Crippen LogP contribution is 2.32. The summed E-state index contributed by atoms with van der Waals surface area (Å²) in [6.45, 7) is 10.5. The first-order valence-electron chi connectivity index (χ1n) is 16.5. The van der Waals surface area contributed by atoms with E-state index >= 15 is 0 Å². The molecule has 7 rings (SSSR count). The lowest BCUT2D eigenvalue weighted by Gasteiger charge is -2.32. The summed E-state index contributed by atoms with van der Waals surface area (Å²) < 4.78 is 38.4. The maximum Gasteiger partial charge on any atom is 0.264 e. The fourth-order valence-corrected chi connectivity index (χ4v) is 7.60. The number of nitrogens with one attached hydrogen (secondary N) is 1. The highest BCUT2D eigenvalue weighted by molar-refractivity contribution is 7.92. The molecule has 256 valence electrons. The van der Waals surface area contributed by atoms with Crippen molar-refractivity contribution >= 4 is 32.9 Å². The summed E-state index contributed by atoms with van der Waals surface area (Å²) in [4.78, 5) is 34.8. The average molecular weight is 690 g/mol. The van der Waals surface area contributed by atoms with Crippen LogP contribution in [0.15, 0.2) is 83.1 Å². The van der Waals surface area contributed by atoms with Crippen molar-refractivity contribution in [1.82, 2.24) is 29.4 Å². The Morgan fingerprint density at radius 1 is 1.02 bits per heavy atom.